The van der Waals surface area contributed by atoms with Crippen molar-refractivity contribution in [3.8, 4) is 0 Å². The minimum Gasteiger partial charge on any atom is -0.345 e. The molecule has 1 aromatic carbocycles. The maximum Gasteiger partial charge on any atom is 0.251 e. The number of hydrogen-bond acceptors (Lipinski definition) is 4. The Morgan fingerprint density at radius 3 is 2.25 bits per heavy atom. The zero-order chi connectivity index (χ0) is 17.3. The lowest BCUT2D eigenvalue weighted by atomic mass is 9.95. The van der Waals surface area contributed by atoms with Gasteiger partial charge in [0.05, 0.1) is 10.4 Å². The Morgan fingerprint density at radius 1 is 1.29 bits per heavy atom. The van der Waals surface area contributed by atoms with Crippen molar-refractivity contribution in [1.82, 2.24) is 10.0 Å². The summed E-state index contributed by atoms with van der Waals surface area (Å²) in [5.41, 5.74) is 5.82. The van der Waals surface area contributed by atoms with Gasteiger partial charge in [-0.2, -0.15) is 0 Å². The fraction of sp³-hybridized carbons (Fsp3) is 0.562. The Bertz CT molecular complexity index is 672. The molecule has 136 valence electrons. The molecule has 4 N–H and O–H groups in total. The van der Waals surface area contributed by atoms with Gasteiger partial charge in [-0.3, -0.25) is 4.79 Å². The second-order valence-corrected chi connectivity index (χ2v) is 8.36. The summed E-state index contributed by atoms with van der Waals surface area (Å²) >= 11 is 0. The van der Waals surface area contributed by atoms with Crippen molar-refractivity contribution < 1.29 is 13.2 Å². The van der Waals surface area contributed by atoms with Gasteiger partial charge in [0.25, 0.3) is 5.91 Å². The number of carbonyl (C=O) groups is 1. The van der Waals surface area contributed by atoms with Gasteiger partial charge in [0.15, 0.2) is 0 Å². The van der Waals surface area contributed by atoms with Crippen molar-refractivity contribution >= 4 is 28.3 Å². The van der Waals surface area contributed by atoms with E-state index in [0.29, 0.717) is 18.0 Å². The second-order valence-electron chi connectivity index (χ2n) is 6.65. The van der Waals surface area contributed by atoms with Gasteiger partial charge in [-0.05, 0) is 63.8 Å². The second kappa shape index (κ2) is 7.82. The van der Waals surface area contributed by atoms with E-state index in [1.54, 1.807) is 13.8 Å². The molecule has 2 rings (SSSR count). The number of nitrogens with one attached hydrogen (secondary N) is 2. The highest BCUT2D eigenvalue weighted by Crippen LogP contribution is 2.39. The van der Waals surface area contributed by atoms with Crippen LogP contribution in [0.1, 0.15) is 44.0 Å². The first kappa shape index (κ1) is 20.9. The predicted octanol–water partition coefficient (Wildman–Crippen LogP) is 1.65. The van der Waals surface area contributed by atoms with Gasteiger partial charge in [0, 0.05) is 18.2 Å². The third-order valence-electron chi connectivity index (χ3n) is 4.12. The number of rotatable bonds is 7. The summed E-state index contributed by atoms with van der Waals surface area (Å²) in [6, 6.07) is 5.74. The number of halogens is 1. The monoisotopic (exact) mass is 375 g/mol. The first-order valence-corrected chi connectivity index (χ1v) is 9.31. The average Bonchev–Trinajstić information content (AvgIpc) is 3.31. The maximum atomic E-state index is 12.4. The van der Waals surface area contributed by atoms with Crippen molar-refractivity contribution in [2.75, 3.05) is 6.54 Å². The van der Waals surface area contributed by atoms with Crippen LogP contribution in [0.2, 0.25) is 0 Å². The molecule has 1 atom stereocenters. The molecular weight excluding hydrogens is 350 g/mol. The van der Waals surface area contributed by atoms with Crippen LogP contribution in [0.4, 0.5) is 0 Å². The van der Waals surface area contributed by atoms with Crippen molar-refractivity contribution in [3.63, 3.8) is 0 Å². The number of hydrogen-bond donors (Lipinski definition) is 3. The van der Waals surface area contributed by atoms with Gasteiger partial charge in [-0.1, -0.05) is 0 Å². The summed E-state index contributed by atoms with van der Waals surface area (Å²) in [7, 11) is -3.55. The van der Waals surface area contributed by atoms with E-state index in [0.717, 1.165) is 12.8 Å². The molecule has 0 saturated heterocycles. The molecule has 24 heavy (non-hydrogen) atoms. The lowest BCUT2D eigenvalue weighted by Crippen LogP contribution is -2.53. The molecule has 1 saturated carbocycles. The number of sulfonamides is 1. The summed E-state index contributed by atoms with van der Waals surface area (Å²) < 4.78 is 26.6. The van der Waals surface area contributed by atoms with Crippen molar-refractivity contribution in [1.29, 1.82) is 0 Å². The van der Waals surface area contributed by atoms with E-state index in [-0.39, 0.29) is 29.3 Å². The Balaban J connectivity index is 0.00000288. The fourth-order valence-corrected chi connectivity index (χ4v) is 3.79. The Morgan fingerprint density at radius 2 is 1.83 bits per heavy atom. The van der Waals surface area contributed by atoms with E-state index < -0.39 is 15.6 Å². The fourth-order valence-electron chi connectivity index (χ4n) is 2.54. The van der Waals surface area contributed by atoms with Crippen LogP contribution < -0.4 is 15.8 Å². The lowest BCUT2D eigenvalue weighted by molar-refractivity contribution is 0.0897. The summed E-state index contributed by atoms with van der Waals surface area (Å²) in [6.07, 6.45) is 2.15. The molecule has 8 heteroatoms. The topological polar surface area (TPSA) is 101 Å². The molecule has 1 aliphatic rings. The van der Waals surface area contributed by atoms with Crippen LogP contribution >= 0.6 is 12.4 Å². The zero-order valence-corrected chi connectivity index (χ0v) is 15.8. The van der Waals surface area contributed by atoms with Crippen molar-refractivity contribution in [2.45, 2.75) is 50.1 Å². The molecule has 1 unspecified atom stereocenters. The Hall–Kier alpha value is -1.15. The largest absolute Gasteiger partial charge is 0.345 e. The minimum absolute atomic E-state index is 0. The van der Waals surface area contributed by atoms with E-state index in [1.165, 1.54) is 24.3 Å². The van der Waals surface area contributed by atoms with Crippen molar-refractivity contribution in [3.05, 3.63) is 29.8 Å². The van der Waals surface area contributed by atoms with E-state index >= 15 is 0 Å². The SMILES string of the molecule is CC(C)NS(=O)(=O)c1ccc(C(=O)NC(C)(CN)C2CC2)cc1.Cl. The summed E-state index contributed by atoms with van der Waals surface area (Å²) in [4.78, 5) is 12.5. The molecule has 0 aromatic heterocycles. The van der Waals surface area contributed by atoms with E-state index in [4.69, 9.17) is 5.73 Å². The van der Waals surface area contributed by atoms with Crippen LogP contribution in [-0.4, -0.2) is 32.5 Å². The van der Waals surface area contributed by atoms with E-state index in [2.05, 4.69) is 10.0 Å². The van der Waals surface area contributed by atoms with E-state index in [9.17, 15) is 13.2 Å². The Kier molecular flexibility index (Phi) is 6.81. The highest BCUT2D eigenvalue weighted by atomic mass is 35.5. The molecule has 1 amide bonds. The van der Waals surface area contributed by atoms with Crippen LogP contribution in [-0.2, 0) is 10.0 Å². The molecule has 0 bridgehead atoms. The highest BCUT2D eigenvalue weighted by molar-refractivity contribution is 7.89. The number of amides is 1. The summed E-state index contributed by atoms with van der Waals surface area (Å²) in [5, 5.41) is 2.98. The molecular formula is C16H26ClN3O3S. The zero-order valence-electron chi connectivity index (χ0n) is 14.2. The van der Waals surface area contributed by atoms with Gasteiger partial charge in [-0.15, -0.1) is 12.4 Å². The van der Waals surface area contributed by atoms with Gasteiger partial charge < -0.3 is 11.1 Å². The third-order valence-corrected chi connectivity index (χ3v) is 5.79. The molecule has 0 radical (unpaired) electrons. The van der Waals surface area contributed by atoms with Crippen LogP contribution in [0.25, 0.3) is 0 Å². The van der Waals surface area contributed by atoms with Gasteiger partial charge in [-0.25, -0.2) is 13.1 Å². The third kappa shape index (κ3) is 4.92. The first-order chi connectivity index (χ1) is 10.7. The quantitative estimate of drug-likeness (QED) is 0.674. The number of carbonyl (C=O) groups excluding carboxylic acids is 1. The predicted molar refractivity (Wildman–Crippen MR) is 96.8 cm³/mol. The molecule has 1 fully saturated rings. The molecule has 0 aliphatic heterocycles. The Labute approximate surface area is 150 Å². The molecule has 0 heterocycles. The molecule has 6 nitrogen and oxygen atoms in total. The molecule has 0 spiro atoms. The van der Waals surface area contributed by atoms with Crippen LogP contribution in [0.3, 0.4) is 0 Å². The van der Waals surface area contributed by atoms with E-state index in [1.807, 2.05) is 6.92 Å². The number of benzene rings is 1. The summed E-state index contributed by atoms with van der Waals surface area (Å²) in [5.74, 6) is 0.192. The van der Waals surface area contributed by atoms with Gasteiger partial charge >= 0.3 is 0 Å². The highest BCUT2D eigenvalue weighted by Gasteiger charge is 2.41. The summed E-state index contributed by atoms with van der Waals surface area (Å²) in [6.45, 7) is 5.85. The molecule has 1 aromatic rings. The number of nitrogens with two attached hydrogens (primary N) is 1. The van der Waals surface area contributed by atoms with Gasteiger partial charge in [0.1, 0.15) is 0 Å². The van der Waals surface area contributed by atoms with Gasteiger partial charge in [0.2, 0.25) is 10.0 Å². The average molecular weight is 376 g/mol. The maximum absolute atomic E-state index is 12.4. The normalized spacial score (nSPS) is 17.0. The van der Waals surface area contributed by atoms with Crippen LogP contribution in [0.5, 0.6) is 0 Å². The molecule has 1 aliphatic carbocycles. The van der Waals surface area contributed by atoms with Crippen LogP contribution in [0.15, 0.2) is 29.2 Å². The lowest BCUT2D eigenvalue weighted by Gasteiger charge is -2.29. The van der Waals surface area contributed by atoms with Crippen molar-refractivity contribution in [2.24, 2.45) is 11.7 Å². The smallest absolute Gasteiger partial charge is 0.251 e. The minimum atomic E-state index is -3.55. The standard InChI is InChI=1S/C16H25N3O3S.ClH/c1-11(2)19-23(21,22)14-8-4-12(5-9-14)15(20)18-16(3,10-17)13-6-7-13;/h4-5,8-9,11,13,19H,6-7,10,17H2,1-3H3,(H,18,20);1H. The first-order valence-electron chi connectivity index (χ1n) is 7.83. The van der Waals surface area contributed by atoms with Crippen LogP contribution in [0, 0.1) is 5.92 Å².